The van der Waals surface area contributed by atoms with Gasteiger partial charge in [-0.1, -0.05) is 29.8 Å². The molecular weight excluding hydrogens is 326 g/mol. The number of aryl methyl sites for hydroxylation is 1. The highest BCUT2D eigenvalue weighted by molar-refractivity contribution is 6.30. The molecule has 1 aliphatic rings. The second kappa shape index (κ2) is 7.53. The maximum absolute atomic E-state index is 12.3. The van der Waals surface area contributed by atoms with Gasteiger partial charge in [0, 0.05) is 36.3 Å². The predicted octanol–water partition coefficient (Wildman–Crippen LogP) is 3.41. The van der Waals surface area contributed by atoms with Gasteiger partial charge in [0.25, 0.3) is 0 Å². The van der Waals surface area contributed by atoms with E-state index in [9.17, 15) is 4.79 Å². The van der Waals surface area contributed by atoms with Crippen LogP contribution in [0.3, 0.4) is 0 Å². The number of nitrogens with one attached hydrogen (secondary N) is 1. The van der Waals surface area contributed by atoms with Gasteiger partial charge in [0.05, 0.1) is 6.54 Å². The summed E-state index contributed by atoms with van der Waals surface area (Å²) >= 11 is 5.86. The van der Waals surface area contributed by atoms with E-state index in [1.807, 2.05) is 49.4 Å². The topological polar surface area (TPSA) is 54.5 Å². The van der Waals surface area contributed by atoms with Crippen LogP contribution < -0.4 is 10.1 Å². The Bertz CT molecular complexity index is 706. The van der Waals surface area contributed by atoms with Crippen molar-refractivity contribution < 1.29 is 9.53 Å². The van der Waals surface area contributed by atoms with Crippen LogP contribution in [0.1, 0.15) is 17.7 Å². The minimum absolute atomic E-state index is 0.0134. The van der Waals surface area contributed by atoms with Gasteiger partial charge >= 0.3 is 6.03 Å². The lowest BCUT2D eigenvalue weighted by molar-refractivity contribution is 0.183. The Balaban J connectivity index is 1.48. The van der Waals surface area contributed by atoms with Crippen molar-refractivity contribution in [2.45, 2.75) is 26.0 Å². The number of hydrogen-bond donors (Lipinski definition) is 1. The van der Waals surface area contributed by atoms with Gasteiger partial charge in [0.15, 0.2) is 0 Å². The molecule has 24 heavy (non-hydrogen) atoms. The highest BCUT2D eigenvalue weighted by atomic mass is 35.5. The first-order valence-electron chi connectivity index (χ1n) is 7.98. The molecule has 5 nitrogen and oxygen atoms in total. The fraction of sp³-hybridized carbons (Fsp3) is 0.333. The summed E-state index contributed by atoms with van der Waals surface area (Å²) in [5.74, 6) is 0.614. The third-order valence-corrected chi connectivity index (χ3v) is 4.19. The largest absolute Gasteiger partial charge is 0.472 e. The van der Waals surface area contributed by atoms with Crippen LogP contribution in [0.15, 0.2) is 42.5 Å². The van der Waals surface area contributed by atoms with Crippen LogP contribution >= 0.6 is 11.6 Å². The van der Waals surface area contributed by atoms with Gasteiger partial charge in [-0.15, -0.1) is 0 Å². The van der Waals surface area contributed by atoms with Crippen molar-refractivity contribution >= 4 is 17.6 Å². The number of benzene rings is 1. The number of aromatic nitrogens is 1. The zero-order chi connectivity index (χ0) is 16.9. The van der Waals surface area contributed by atoms with E-state index < -0.39 is 0 Å². The molecule has 1 aliphatic heterocycles. The van der Waals surface area contributed by atoms with Crippen LogP contribution in [0.4, 0.5) is 4.79 Å². The van der Waals surface area contributed by atoms with E-state index in [0.717, 1.165) is 17.7 Å². The quantitative estimate of drug-likeness (QED) is 0.924. The molecule has 126 valence electrons. The second-order valence-electron chi connectivity index (χ2n) is 5.88. The molecule has 0 saturated carbocycles. The van der Waals surface area contributed by atoms with Gasteiger partial charge in [-0.25, -0.2) is 9.78 Å². The monoisotopic (exact) mass is 345 g/mol. The molecule has 0 radical (unpaired) electrons. The van der Waals surface area contributed by atoms with E-state index >= 15 is 0 Å². The Hall–Kier alpha value is -2.27. The molecule has 1 saturated heterocycles. The molecular formula is C18H20ClN3O2. The van der Waals surface area contributed by atoms with Crippen LogP contribution in [-0.4, -0.2) is 35.1 Å². The molecule has 2 heterocycles. The summed E-state index contributed by atoms with van der Waals surface area (Å²) in [6, 6.07) is 13.1. The Kier molecular flexibility index (Phi) is 5.20. The Morgan fingerprint density at radius 1 is 1.33 bits per heavy atom. The second-order valence-corrected chi connectivity index (χ2v) is 6.31. The number of urea groups is 1. The molecule has 1 atom stereocenters. The normalized spacial score (nSPS) is 16.9. The SMILES string of the molecule is Cc1cccc(OC2CCN(C(=O)NCc3ccc(Cl)cc3)C2)n1. The summed E-state index contributed by atoms with van der Waals surface area (Å²) in [4.78, 5) is 18.4. The molecule has 6 heteroatoms. The third-order valence-electron chi connectivity index (χ3n) is 3.94. The van der Waals surface area contributed by atoms with E-state index in [1.54, 1.807) is 4.90 Å². The summed E-state index contributed by atoms with van der Waals surface area (Å²) in [6.07, 6.45) is 0.796. The van der Waals surface area contributed by atoms with Gasteiger partial charge in [0.2, 0.25) is 5.88 Å². The first-order valence-corrected chi connectivity index (χ1v) is 8.35. The average molecular weight is 346 g/mol. The van der Waals surface area contributed by atoms with Gasteiger partial charge in [-0.05, 0) is 30.7 Å². The smallest absolute Gasteiger partial charge is 0.317 e. The highest BCUT2D eigenvalue weighted by Crippen LogP contribution is 2.17. The molecule has 1 unspecified atom stereocenters. The number of carbonyl (C=O) groups is 1. The van der Waals surface area contributed by atoms with Crippen LogP contribution in [0.25, 0.3) is 0 Å². The van der Waals surface area contributed by atoms with Crippen molar-refractivity contribution in [3.8, 4) is 5.88 Å². The highest BCUT2D eigenvalue weighted by Gasteiger charge is 2.27. The third kappa shape index (κ3) is 4.38. The molecule has 2 aromatic rings. The molecule has 0 spiro atoms. The van der Waals surface area contributed by atoms with Crippen molar-refractivity contribution in [3.63, 3.8) is 0 Å². The molecule has 1 N–H and O–H groups in total. The number of pyridine rings is 1. The van der Waals surface area contributed by atoms with Crippen molar-refractivity contribution in [1.82, 2.24) is 15.2 Å². The fourth-order valence-corrected chi connectivity index (χ4v) is 2.78. The van der Waals surface area contributed by atoms with Crippen LogP contribution in [0, 0.1) is 6.92 Å². The molecule has 0 aliphatic carbocycles. The zero-order valence-electron chi connectivity index (χ0n) is 13.5. The molecule has 1 aromatic carbocycles. The van der Waals surface area contributed by atoms with E-state index in [4.69, 9.17) is 16.3 Å². The summed E-state index contributed by atoms with van der Waals surface area (Å²) in [5.41, 5.74) is 1.94. The van der Waals surface area contributed by atoms with Crippen LogP contribution in [0.2, 0.25) is 5.02 Å². The fourth-order valence-electron chi connectivity index (χ4n) is 2.66. The number of ether oxygens (including phenoxy) is 1. The van der Waals surface area contributed by atoms with Gasteiger partial charge < -0.3 is 15.0 Å². The molecule has 1 fully saturated rings. The summed E-state index contributed by atoms with van der Waals surface area (Å²) in [5, 5.41) is 3.62. The standard InChI is InChI=1S/C18H20ClN3O2/c1-13-3-2-4-17(21-13)24-16-9-10-22(12-16)18(23)20-11-14-5-7-15(19)8-6-14/h2-8,16H,9-12H2,1H3,(H,20,23). The maximum Gasteiger partial charge on any atom is 0.317 e. The minimum atomic E-state index is -0.0757. The van der Waals surface area contributed by atoms with E-state index in [0.29, 0.717) is 30.5 Å². The Labute approximate surface area is 146 Å². The van der Waals surface area contributed by atoms with Crippen molar-refractivity contribution in [2.75, 3.05) is 13.1 Å². The molecule has 1 aromatic heterocycles. The lowest BCUT2D eigenvalue weighted by atomic mass is 10.2. The van der Waals surface area contributed by atoms with E-state index in [2.05, 4.69) is 10.3 Å². The van der Waals surface area contributed by atoms with Gasteiger partial charge in [-0.2, -0.15) is 0 Å². The van der Waals surface area contributed by atoms with Crippen molar-refractivity contribution in [3.05, 3.63) is 58.7 Å². The first kappa shape index (κ1) is 16.6. The lowest BCUT2D eigenvalue weighted by Crippen LogP contribution is -2.39. The first-order chi connectivity index (χ1) is 11.6. The average Bonchev–Trinajstić information content (AvgIpc) is 3.03. The summed E-state index contributed by atoms with van der Waals surface area (Å²) in [7, 11) is 0. The number of hydrogen-bond acceptors (Lipinski definition) is 3. The van der Waals surface area contributed by atoms with E-state index in [-0.39, 0.29) is 12.1 Å². The summed E-state index contributed by atoms with van der Waals surface area (Å²) < 4.78 is 5.87. The predicted molar refractivity (Wildman–Crippen MR) is 93.3 cm³/mol. The summed E-state index contributed by atoms with van der Waals surface area (Å²) in [6.45, 7) is 3.67. The molecule has 3 rings (SSSR count). The van der Waals surface area contributed by atoms with Gasteiger partial charge in [-0.3, -0.25) is 0 Å². The van der Waals surface area contributed by atoms with Crippen molar-refractivity contribution in [2.24, 2.45) is 0 Å². The number of halogens is 1. The maximum atomic E-state index is 12.3. The zero-order valence-corrected chi connectivity index (χ0v) is 14.3. The number of nitrogens with zero attached hydrogens (tertiary/aromatic N) is 2. The molecule has 0 bridgehead atoms. The van der Waals surface area contributed by atoms with Crippen molar-refractivity contribution in [1.29, 1.82) is 0 Å². The number of likely N-dealkylation sites (tertiary alicyclic amines) is 1. The van der Waals surface area contributed by atoms with E-state index in [1.165, 1.54) is 0 Å². The van der Waals surface area contributed by atoms with Gasteiger partial charge in [0.1, 0.15) is 6.10 Å². The number of amides is 2. The van der Waals surface area contributed by atoms with Crippen LogP contribution in [0.5, 0.6) is 5.88 Å². The number of carbonyl (C=O) groups excluding carboxylic acids is 1. The molecule has 2 amide bonds. The minimum Gasteiger partial charge on any atom is -0.472 e. The lowest BCUT2D eigenvalue weighted by Gasteiger charge is -2.18. The number of rotatable bonds is 4. The Morgan fingerprint density at radius 2 is 2.12 bits per heavy atom. The Morgan fingerprint density at radius 3 is 2.88 bits per heavy atom. The van der Waals surface area contributed by atoms with Crippen LogP contribution in [-0.2, 0) is 6.54 Å².